The summed E-state index contributed by atoms with van der Waals surface area (Å²) in [7, 11) is 1.49. The molecule has 0 bridgehead atoms. The van der Waals surface area contributed by atoms with Crippen molar-refractivity contribution in [2.45, 2.75) is 46.2 Å². The van der Waals surface area contributed by atoms with E-state index in [2.05, 4.69) is 15.4 Å². The third-order valence-corrected chi connectivity index (χ3v) is 4.61. The normalized spacial score (nSPS) is 14.6. The maximum absolute atomic E-state index is 13.0. The second kappa shape index (κ2) is 6.22. The molecule has 0 saturated heterocycles. The van der Waals surface area contributed by atoms with Crippen molar-refractivity contribution in [1.29, 1.82) is 0 Å². The van der Waals surface area contributed by atoms with Crippen LogP contribution in [-0.4, -0.2) is 43.3 Å². The van der Waals surface area contributed by atoms with Gasteiger partial charge in [0.25, 0.3) is 11.5 Å². The molecule has 3 aromatic rings. The maximum Gasteiger partial charge on any atom is 0.291 e. The summed E-state index contributed by atoms with van der Waals surface area (Å²) in [6.45, 7) is 6.39. The molecule has 0 aromatic carbocycles. The number of aromatic hydroxyl groups is 1. The molecule has 2 N–H and O–H groups in total. The SMILES string of the molecule is COc1ccc2c(n1)nn1c(=O)c(C(=O)NC3CC3)c(O)n(CC(C)(C)C)c21. The number of carbonyl (C=O) groups is 1. The summed E-state index contributed by atoms with van der Waals surface area (Å²) in [4.78, 5) is 30.0. The van der Waals surface area contributed by atoms with E-state index in [9.17, 15) is 14.7 Å². The van der Waals surface area contributed by atoms with Gasteiger partial charge in [-0.05, 0) is 24.3 Å². The van der Waals surface area contributed by atoms with Crippen LogP contribution in [0.3, 0.4) is 0 Å². The summed E-state index contributed by atoms with van der Waals surface area (Å²) in [5.41, 5.74) is -0.506. The Kier molecular flexibility index (Phi) is 4.06. The van der Waals surface area contributed by atoms with Crippen LogP contribution in [-0.2, 0) is 6.54 Å². The number of carbonyl (C=O) groups excluding carboxylic acids is 1. The van der Waals surface area contributed by atoms with E-state index in [4.69, 9.17) is 4.74 Å². The van der Waals surface area contributed by atoms with Crippen molar-refractivity contribution in [2.75, 3.05) is 7.11 Å². The fourth-order valence-electron chi connectivity index (χ4n) is 3.20. The third kappa shape index (κ3) is 3.06. The van der Waals surface area contributed by atoms with E-state index in [0.717, 1.165) is 17.4 Å². The van der Waals surface area contributed by atoms with Gasteiger partial charge in [-0.1, -0.05) is 20.8 Å². The van der Waals surface area contributed by atoms with Gasteiger partial charge in [0.05, 0.1) is 12.5 Å². The van der Waals surface area contributed by atoms with E-state index < -0.39 is 11.5 Å². The first kappa shape index (κ1) is 18.3. The van der Waals surface area contributed by atoms with E-state index in [0.29, 0.717) is 29.1 Å². The van der Waals surface area contributed by atoms with Crippen molar-refractivity contribution in [3.05, 3.63) is 28.0 Å². The van der Waals surface area contributed by atoms with Crippen molar-refractivity contribution < 1.29 is 14.6 Å². The molecule has 0 atom stereocenters. The van der Waals surface area contributed by atoms with Gasteiger partial charge >= 0.3 is 0 Å². The molecular formula is C19H23N5O4. The van der Waals surface area contributed by atoms with Crippen molar-refractivity contribution >= 4 is 22.6 Å². The van der Waals surface area contributed by atoms with Gasteiger partial charge in [-0.25, -0.2) is 0 Å². The van der Waals surface area contributed by atoms with Crippen LogP contribution in [0.15, 0.2) is 16.9 Å². The van der Waals surface area contributed by atoms with Gasteiger partial charge in [0.1, 0.15) is 0 Å². The van der Waals surface area contributed by atoms with Crippen molar-refractivity contribution in [3.8, 4) is 11.8 Å². The Labute approximate surface area is 160 Å². The number of amides is 1. The number of pyridine rings is 1. The highest BCUT2D eigenvalue weighted by atomic mass is 16.5. The predicted octanol–water partition coefficient (Wildman–Crippen LogP) is 1.70. The predicted molar refractivity (Wildman–Crippen MR) is 103 cm³/mol. The molecule has 1 saturated carbocycles. The van der Waals surface area contributed by atoms with E-state index in [1.54, 1.807) is 16.7 Å². The van der Waals surface area contributed by atoms with Gasteiger partial charge in [-0.3, -0.25) is 14.2 Å². The van der Waals surface area contributed by atoms with Crippen LogP contribution in [0, 0.1) is 5.41 Å². The Balaban J connectivity index is 2.04. The smallest absolute Gasteiger partial charge is 0.291 e. The topological polar surface area (TPSA) is 111 Å². The van der Waals surface area contributed by atoms with E-state index >= 15 is 0 Å². The van der Waals surface area contributed by atoms with E-state index in [1.807, 2.05) is 20.8 Å². The Morgan fingerprint density at radius 2 is 2.07 bits per heavy atom. The molecule has 4 rings (SSSR count). The molecule has 148 valence electrons. The molecule has 1 aliphatic rings. The molecule has 0 unspecified atom stereocenters. The lowest BCUT2D eigenvalue weighted by molar-refractivity contribution is 0.0944. The molecule has 9 nitrogen and oxygen atoms in total. The van der Waals surface area contributed by atoms with Crippen molar-refractivity contribution in [1.82, 2.24) is 24.5 Å². The number of ether oxygens (including phenoxy) is 1. The Morgan fingerprint density at radius 1 is 1.36 bits per heavy atom. The molecule has 0 spiro atoms. The number of hydrogen-bond acceptors (Lipinski definition) is 6. The lowest BCUT2D eigenvalue weighted by atomic mass is 9.96. The van der Waals surface area contributed by atoms with Crippen LogP contribution in [0.4, 0.5) is 0 Å². The minimum Gasteiger partial charge on any atom is -0.494 e. The summed E-state index contributed by atoms with van der Waals surface area (Å²) in [5, 5.41) is 18.6. The summed E-state index contributed by atoms with van der Waals surface area (Å²) in [6, 6.07) is 3.47. The molecule has 0 radical (unpaired) electrons. The number of fused-ring (bicyclic) bond motifs is 3. The number of methoxy groups -OCH3 is 1. The number of hydrogen-bond donors (Lipinski definition) is 2. The average molecular weight is 385 g/mol. The first-order chi connectivity index (χ1) is 13.2. The minimum absolute atomic E-state index is 0.0562. The largest absolute Gasteiger partial charge is 0.494 e. The van der Waals surface area contributed by atoms with Gasteiger partial charge in [0.2, 0.25) is 11.8 Å². The Morgan fingerprint density at radius 3 is 2.68 bits per heavy atom. The summed E-state index contributed by atoms with van der Waals surface area (Å²) < 4.78 is 7.84. The molecular weight excluding hydrogens is 362 g/mol. The fraction of sp³-hybridized carbons (Fsp3) is 0.474. The third-order valence-electron chi connectivity index (χ3n) is 4.61. The zero-order valence-electron chi connectivity index (χ0n) is 16.3. The average Bonchev–Trinajstić information content (AvgIpc) is 3.34. The molecule has 3 heterocycles. The monoisotopic (exact) mass is 385 g/mol. The molecule has 0 aliphatic heterocycles. The van der Waals surface area contributed by atoms with Crippen LogP contribution in [0.1, 0.15) is 44.0 Å². The first-order valence-electron chi connectivity index (χ1n) is 9.20. The molecule has 3 aromatic heterocycles. The molecule has 1 fully saturated rings. The van der Waals surface area contributed by atoms with Gasteiger partial charge in [-0.15, -0.1) is 5.10 Å². The number of aromatic nitrogens is 4. The number of rotatable bonds is 4. The second-order valence-electron chi connectivity index (χ2n) is 8.36. The summed E-state index contributed by atoms with van der Waals surface area (Å²) in [5.74, 6) is -0.579. The van der Waals surface area contributed by atoms with Crippen LogP contribution in [0.25, 0.3) is 16.7 Å². The first-order valence-corrected chi connectivity index (χ1v) is 9.20. The fourth-order valence-corrected chi connectivity index (χ4v) is 3.20. The zero-order valence-corrected chi connectivity index (χ0v) is 16.3. The standard InChI is InChI=1S/C19H23N5O4/c1-19(2,3)9-23-16-11-7-8-12(28-4)21-14(11)22-24(16)18(27)13(17(23)26)15(25)20-10-5-6-10/h7-8,10,26H,5-6,9H2,1-4H3,(H,20,25). The van der Waals surface area contributed by atoms with Crippen LogP contribution in [0.2, 0.25) is 0 Å². The highest BCUT2D eigenvalue weighted by molar-refractivity contribution is 5.98. The maximum atomic E-state index is 13.0. The van der Waals surface area contributed by atoms with E-state index in [-0.39, 0.29) is 22.9 Å². The zero-order chi connectivity index (χ0) is 20.2. The summed E-state index contributed by atoms with van der Waals surface area (Å²) >= 11 is 0. The lowest BCUT2D eigenvalue weighted by Gasteiger charge is -2.23. The molecule has 28 heavy (non-hydrogen) atoms. The highest BCUT2D eigenvalue weighted by Crippen LogP contribution is 2.29. The lowest BCUT2D eigenvalue weighted by Crippen LogP contribution is -2.35. The Hall–Kier alpha value is -3.10. The van der Waals surface area contributed by atoms with Crippen LogP contribution < -0.4 is 15.6 Å². The van der Waals surface area contributed by atoms with Crippen LogP contribution >= 0.6 is 0 Å². The molecule has 9 heteroatoms. The number of nitrogens with one attached hydrogen (secondary N) is 1. The number of nitrogens with zero attached hydrogens (tertiary/aromatic N) is 4. The highest BCUT2D eigenvalue weighted by Gasteiger charge is 2.31. The molecule has 1 aliphatic carbocycles. The minimum atomic E-state index is -0.673. The van der Waals surface area contributed by atoms with Crippen LogP contribution in [0.5, 0.6) is 11.8 Å². The van der Waals surface area contributed by atoms with E-state index in [1.165, 1.54) is 7.11 Å². The van der Waals surface area contributed by atoms with Gasteiger partial charge < -0.3 is 15.2 Å². The molecule has 1 amide bonds. The van der Waals surface area contributed by atoms with Gasteiger partial charge in [-0.2, -0.15) is 9.50 Å². The summed E-state index contributed by atoms with van der Waals surface area (Å²) in [6.07, 6.45) is 1.75. The van der Waals surface area contributed by atoms with Gasteiger partial charge in [0, 0.05) is 18.7 Å². The van der Waals surface area contributed by atoms with Crippen molar-refractivity contribution in [3.63, 3.8) is 0 Å². The van der Waals surface area contributed by atoms with Gasteiger partial charge in [0.15, 0.2) is 16.9 Å². The quantitative estimate of drug-likeness (QED) is 0.707. The second-order valence-corrected chi connectivity index (χ2v) is 8.36. The van der Waals surface area contributed by atoms with Crippen molar-refractivity contribution in [2.24, 2.45) is 5.41 Å². The Bertz CT molecular complexity index is 1150.